The summed E-state index contributed by atoms with van der Waals surface area (Å²) in [6, 6.07) is 10.9. The Bertz CT molecular complexity index is 687. The quantitative estimate of drug-likeness (QED) is 0.868. The molecule has 0 spiro atoms. The third-order valence-corrected chi connectivity index (χ3v) is 4.26. The molecular weight excluding hydrogens is 306 g/mol. The van der Waals surface area contributed by atoms with Gasteiger partial charge in [-0.3, -0.25) is 9.59 Å². The van der Waals surface area contributed by atoms with E-state index in [-0.39, 0.29) is 11.8 Å². The van der Waals surface area contributed by atoms with Crippen LogP contribution in [0, 0.1) is 0 Å². The van der Waals surface area contributed by atoms with Crippen LogP contribution in [0.1, 0.15) is 22.5 Å². The maximum absolute atomic E-state index is 12.3. The predicted octanol–water partition coefficient (Wildman–Crippen LogP) is 1.78. The number of carbonyl (C=O) groups excluding carboxylic acids is 2. The summed E-state index contributed by atoms with van der Waals surface area (Å²) in [7, 11) is 0. The second-order valence-corrected chi connectivity index (χ2v) is 5.89. The van der Waals surface area contributed by atoms with Crippen LogP contribution in [0.25, 0.3) is 0 Å². The van der Waals surface area contributed by atoms with Gasteiger partial charge in [0.15, 0.2) is 5.76 Å². The standard InChI is InChI=1S/C18H21N3O3/c19-15-6-3-14(4-7-15)5-8-17(22)20-9-11-21(12-10-20)18(23)16-2-1-13-24-16/h1-4,6-7,13H,5,8-12,19H2. The summed E-state index contributed by atoms with van der Waals surface area (Å²) in [4.78, 5) is 28.1. The molecular formula is C18H21N3O3. The van der Waals surface area contributed by atoms with Crippen molar-refractivity contribution in [2.75, 3.05) is 31.9 Å². The van der Waals surface area contributed by atoms with Crippen LogP contribution in [0.3, 0.4) is 0 Å². The molecule has 1 aromatic heterocycles. The van der Waals surface area contributed by atoms with Gasteiger partial charge in [-0.15, -0.1) is 0 Å². The van der Waals surface area contributed by atoms with E-state index >= 15 is 0 Å². The van der Waals surface area contributed by atoms with Crippen LogP contribution in [-0.2, 0) is 11.2 Å². The fraction of sp³-hybridized carbons (Fsp3) is 0.333. The smallest absolute Gasteiger partial charge is 0.289 e. The Morgan fingerprint density at radius 1 is 1.00 bits per heavy atom. The van der Waals surface area contributed by atoms with Gasteiger partial charge in [0, 0.05) is 38.3 Å². The zero-order chi connectivity index (χ0) is 16.9. The number of rotatable bonds is 4. The maximum Gasteiger partial charge on any atom is 0.289 e. The monoisotopic (exact) mass is 327 g/mol. The number of nitrogen functional groups attached to an aromatic ring is 1. The van der Waals surface area contributed by atoms with Crippen LogP contribution in [0.2, 0.25) is 0 Å². The first-order chi connectivity index (χ1) is 11.6. The molecule has 0 radical (unpaired) electrons. The maximum atomic E-state index is 12.3. The van der Waals surface area contributed by atoms with Gasteiger partial charge in [-0.25, -0.2) is 0 Å². The topological polar surface area (TPSA) is 79.8 Å². The Morgan fingerprint density at radius 3 is 2.29 bits per heavy atom. The van der Waals surface area contributed by atoms with Crippen LogP contribution < -0.4 is 5.73 Å². The molecule has 0 atom stereocenters. The number of nitrogens with two attached hydrogens (primary N) is 1. The molecule has 0 aliphatic carbocycles. The number of piperazine rings is 1. The fourth-order valence-corrected chi connectivity index (χ4v) is 2.81. The molecule has 1 saturated heterocycles. The van der Waals surface area contributed by atoms with Crippen molar-refractivity contribution in [3.05, 3.63) is 54.0 Å². The van der Waals surface area contributed by atoms with E-state index in [9.17, 15) is 9.59 Å². The van der Waals surface area contributed by atoms with Gasteiger partial charge in [-0.1, -0.05) is 12.1 Å². The largest absolute Gasteiger partial charge is 0.459 e. The molecule has 2 aromatic rings. The van der Waals surface area contributed by atoms with Crippen LogP contribution in [0.4, 0.5) is 5.69 Å². The van der Waals surface area contributed by atoms with E-state index < -0.39 is 0 Å². The van der Waals surface area contributed by atoms with Crippen molar-refractivity contribution in [2.24, 2.45) is 0 Å². The predicted molar refractivity (Wildman–Crippen MR) is 90.4 cm³/mol. The molecule has 2 amide bonds. The Balaban J connectivity index is 1.46. The highest BCUT2D eigenvalue weighted by Crippen LogP contribution is 2.12. The first-order valence-corrected chi connectivity index (χ1v) is 8.08. The number of benzene rings is 1. The highest BCUT2D eigenvalue weighted by Gasteiger charge is 2.25. The number of nitrogens with zero attached hydrogens (tertiary/aromatic N) is 2. The Morgan fingerprint density at radius 2 is 1.67 bits per heavy atom. The van der Waals surface area contributed by atoms with E-state index in [2.05, 4.69) is 0 Å². The molecule has 24 heavy (non-hydrogen) atoms. The first kappa shape index (κ1) is 16.1. The summed E-state index contributed by atoms with van der Waals surface area (Å²) >= 11 is 0. The van der Waals surface area contributed by atoms with E-state index in [0.717, 1.165) is 11.3 Å². The number of hydrogen-bond donors (Lipinski definition) is 1. The summed E-state index contributed by atoms with van der Waals surface area (Å²) in [5, 5.41) is 0. The lowest BCUT2D eigenvalue weighted by molar-refractivity contribution is -0.132. The SMILES string of the molecule is Nc1ccc(CCC(=O)N2CCN(C(=O)c3ccco3)CC2)cc1. The van der Waals surface area contributed by atoms with Gasteiger partial charge >= 0.3 is 0 Å². The van der Waals surface area contributed by atoms with Crippen molar-refractivity contribution in [1.82, 2.24) is 9.80 Å². The second-order valence-electron chi connectivity index (χ2n) is 5.89. The van der Waals surface area contributed by atoms with Crippen molar-refractivity contribution >= 4 is 17.5 Å². The molecule has 2 heterocycles. The van der Waals surface area contributed by atoms with Gasteiger partial charge in [0.25, 0.3) is 5.91 Å². The van der Waals surface area contributed by atoms with Crippen molar-refractivity contribution in [3.63, 3.8) is 0 Å². The van der Waals surface area contributed by atoms with Gasteiger partial charge in [0.2, 0.25) is 5.91 Å². The molecule has 6 heteroatoms. The number of aryl methyl sites for hydroxylation is 1. The van der Waals surface area contributed by atoms with Crippen LogP contribution in [-0.4, -0.2) is 47.8 Å². The van der Waals surface area contributed by atoms with Crippen molar-refractivity contribution in [2.45, 2.75) is 12.8 Å². The summed E-state index contributed by atoms with van der Waals surface area (Å²) in [5.41, 5.74) is 7.48. The van der Waals surface area contributed by atoms with Gasteiger partial charge in [0.1, 0.15) is 0 Å². The summed E-state index contributed by atoms with van der Waals surface area (Å²) < 4.78 is 5.14. The number of furan rings is 1. The van der Waals surface area contributed by atoms with E-state index in [1.54, 1.807) is 17.0 Å². The van der Waals surface area contributed by atoms with Gasteiger partial charge in [-0.2, -0.15) is 0 Å². The van der Waals surface area contributed by atoms with Crippen LogP contribution in [0.15, 0.2) is 47.1 Å². The number of anilines is 1. The highest BCUT2D eigenvalue weighted by molar-refractivity contribution is 5.91. The Kier molecular flexibility index (Phi) is 4.84. The minimum Gasteiger partial charge on any atom is -0.459 e. The molecule has 126 valence electrons. The van der Waals surface area contributed by atoms with Gasteiger partial charge in [-0.05, 0) is 36.2 Å². The summed E-state index contributed by atoms with van der Waals surface area (Å²) in [5.74, 6) is 0.351. The average molecular weight is 327 g/mol. The molecule has 1 aromatic carbocycles. The third-order valence-electron chi connectivity index (χ3n) is 4.26. The molecule has 1 aliphatic heterocycles. The molecule has 0 unspecified atom stereocenters. The first-order valence-electron chi connectivity index (χ1n) is 8.08. The summed E-state index contributed by atoms with van der Waals surface area (Å²) in [6.45, 7) is 2.19. The van der Waals surface area contributed by atoms with E-state index in [0.29, 0.717) is 44.8 Å². The third kappa shape index (κ3) is 3.76. The second kappa shape index (κ2) is 7.21. The number of amides is 2. The molecule has 1 aliphatic rings. The fourth-order valence-electron chi connectivity index (χ4n) is 2.81. The zero-order valence-corrected chi connectivity index (χ0v) is 13.5. The lowest BCUT2D eigenvalue weighted by Gasteiger charge is -2.34. The minimum absolute atomic E-state index is 0.117. The van der Waals surface area contributed by atoms with Crippen LogP contribution >= 0.6 is 0 Å². The lowest BCUT2D eigenvalue weighted by atomic mass is 10.1. The highest BCUT2D eigenvalue weighted by atomic mass is 16.3. The van der Waals surface area contributed by atoms with Gasteiger partial charge < -0.3 is 20.0 Å². The molecule has 0 bridgehead atoms. The van der Waals surface area contributed by atoms with Gasteiger partial charge in [0.05, 0.1) is 6.26 Å². The molecule has 2 N–H and O–H groups in total. The van der Waals surface area contributed by atoms with Crippen LogP contribution in [0.5, 0.6) is 0 Å². The normalized spacial score (nSPS) is 14.7. The number of hydrogen-bond acceptors (Lipinski definition) is 4. The van der Waals surface area contributed by atoms with Crippen molar-refractivity contribution < 1.29 is 14.0 Å². The summed E-state index contributed by atoms with van der Waals surface area (Å²) in [6.07, 6.45) is 2.66. The molecule has 6 nitrogen and oxygen atoms in total. The zero-order valence-electron chi connectivity index (χ0n) is 13.5. The van der Waals surface area contributed by atoms with Crippen molar-refractivity contribution in [3.8, 4) is 0 Å². The van der Waals surface area contributed by atoms with Crippen molar-refractivity contribution in [1.29, 1.82) is 0 Å². The van der Waals surface area contributed by atoms with E-state index in [1.807, 2.05) is 29.2 Å². The number of carbonyl (C=O) groups is 2. The molecule has 3 rings (SSSR count). The molecule has 1 fully saturated rings. The molecule has 0 saturated carbocycles. The minimum atomic E-state index is -0.117. The van der Waals surface area contributed by atoms with E-state index in [1.165, 1.54) is 6.26 Å². The van der Waals surface area contributed by atoms with E-state index in [4.69, 9.17) is 10.2 Å². The Labute approximate surface area is 140 Å². The lowest BCUT2D eigenvalue weighted by Crippen LogP contribution is -2.50. The average Bonchev–Trinajstić information content (AvgIpc) is 3.15. The Hall–Kier alpha value is -2.76.